The number of nitrogens with one attached hydrogen (secondary N) is 1. The van der Waals surface area contributed by atoms with Crippen molar-refractivity contribution in [2.75, 3.05) is 23.3 Å². The summed E-state index contributed by atoms with van der Waals surface area (Å²) in [7, 11) is -0.956. The molecule has 0 aliphatic rings. The monoisotopic (exact) mass is 497 g/mol. The van der Waals surface area contributed by atoms with E-state index in [0.717, 1.165) is 31.4 Å². The Morgan fingerprint density at radius 3 is 2.50 bits per heavy atom. The highest BCUT2D eigenvalue weighted by molar-refractivity contribution is 7.92. The number of nitrogens with zero attached hydrogens (tertiary/aromatic N) is 2. The first kappa shape index (κ1) is 23.5. The summed E-state index contributed by atoms with van der Waals surface area (Å²) in [6.07, 6.45) is 0. The van der Waals surface area contributed by atoms with Crippen molar-refractivity contribution in [3.63, 3.8) is 0 Å². The average Bonchev–Trinajstić information content (AvgIpc) is 3.10. The minimum atomic E-state index is -4.08. The van der Waals surface area contributed by atoms with Gasteiger partial charge in [-0.3, -0.25) is 13.9 Å². The zero-order valence-corrected chi connectivity index (χ0v) is 20.4. The number of anilines is 2. The number of amides is 1. The molecule has 0 aliphatic heterocycles. The molecule has 8 nitrogen and oxygen atoms in total. The first-order valence-corrected chi connectivity index (χ1v) is 12.6. The van der Waals surface area contributed by atoms with E-state index in [1.807, 2.05) is 6.92 Å². The van der Waals surface area contributed by atoms with Crippen LogP contribution in [-0.2, 0) is 21.9 Å². The number of aromatic nitrogens is 1. The van der Waals surface area contributed by atoms with Crippen molar-refractivity contribution in [1.82, 2.24) is 4.57 Å². The molecule has 4 aromatic rings. The predicted octanol–water partition coefficient (Wildman–Crippen LogP) is 3.75. The molecular formula is C24H23N3O5S2. The van der Waals surface area contributed by atoms with E-state index >= 15 is 0 Å². The molecule has 1 amide bonds. The molecule has 1 aromatic heterocycles. The van der Waals surface area contributed by atoms with Gasteiger partial charge in [-0.05, 0) is 49.4 Å². The van der Waals surface area contributed by atoms with Crippen LogP contribution >= 0.6 is 11.3 Å². The topological polar surface area (TPSA) is 97.7 Å². The normalized spacial score (nSPS) is 11.4. The highest BCUT2D eigenvalue weighted by atomic mass is 32.2. The van der Waals surface area contributed by atoms with E-state index in [2.05, 4.69) is 5.32 Å². The number of hydrogen-bond acceptors (Lipinski definition) is 6. The number of carbonyl (C=O) groups is 1. The molecule has 0 bridgehead atoms. The highest BCUT2D eigenvalue weighted by Crippen LogP contribution is 2.32. The van der Waals surface area contributed by atoms with Gasteiger partial charge in [-0.15, -0.1) is 0 Å². The van der Waals surface area contributed by atoms with Crippen LogP contribution in [0.25, 0.3) is 10.2 Å². The van der Waals surface area contributed by atoms with Crippen LogP contribution in [0, 0.1) is 6.92 Å². The number of ether oxygens (including phenoxy) is 1. The highest BCUT2D eigenvalue weighted by Gasteiger charge is 2.29. The molecule has 0 aliphatic carbocycles. The van der Waals surface area contributed by atoms with Crippen LogP contribution in [0.5, 0.6) is 5.75 Å². The van der Waals surface area contributed by atoms with Gasteiger partial charge in [-0.25, -0.2) is 8.42 Å². The molecule has 0 saturated carbocycles. The Balaban J connectivity index is 1.68. The van der Waals surface area contributed by atoms with Crippen LogP contribution in [0.1, 0.15) is 5.56 Å². The van der Waals surface area contributed by atoms with Gasteiger partial charge in [-0.1, -0.05) is 41.2 Å². The van der Waals surface area contributed by atoms with Crippen molar-refractivity contribution >= 4 is 48.9 Å². The third kappa shape index (κ3) is 4.55. The Bertz CT molecular complexity index is 1520. The number of rotatable bonds is 7. The standard InChI is InChI=1S/C24H23N3O5S2/c1-16-8-11-18(12-9-16)34(30,31)27(19-6-4-5-7-21(19)32-3)15-23(28)25-17-10-13-20-22(14-17)33-24(29)26(20)2/h4-14H,15H2,1-3H3,(H,25,28). The molecule has 0 unspecified atom stereocenters. The lowest BCUT2D eigenvalue weighted by atomic mass is 10.2. The van der Waals surface area contributed by atoms with Crippen LogP contribution in [-0.4, -0.2) is 32.5 Å². The number of sulfonamides is 1. The summed E-state index contributed by atoms with van der Waals surface area (Å²) in [5.74, 6) is -0.217. The molecule has 3 aromatic carbocycles. The molecular weight excluding hydrogens is 474 g/mol. The van der Waals surface area contributed by atoms with E-state index < -0.39 is 22.5 Å². The quantitative estimate of drug-likeness (QED) is 0.419. The van der Waals surface area contributed by atoms with Crippen LogP contribution in [0.2, 0.25) is 0 Å². The van der Waals surface area contributed by atoms with E-state index in [1.165, 1.54) is 23.8 Å². The van der Waals surface area contributed by atoms with Gasteiger partial charge in [-0.2, -0.15) is 0 Å². The second kappa shape index (κ2) is 9.32. The van der Waals surface area contributed by atoms with Gasteiger partial charge in [0, 0.05) is 12.7 Å². The Morgan fingerprint density at radius 2 is 1.79 bits per heavy atom. The summed E-state index contributed by atoms with van der Waals surface area (Å²) in [6.45, 7) is 1.39. The number of hydrogen-bond donors (Lipinski definition) is 1. The summed E-state index contributed by atoms with van der Waals surface area (Å²) in [5.41, 5.74) is 2.38. The molecule has 0 radical (unpaired) electrons. The molecule has 4 rings (SSSR count). The molecule has 0 spiro atoms. The maximum Gasteiger partial charge on any atom is 0.307 e. The van der Waals surface area contributed by atoms with Crippen LogP contribution in [0.4, 0.5) is 11.4 Å². The molecule has 0 saturated heterocycles. The summed E-state index contributed by atoms with van der Waals surface area (Å²) < 4.78 is 35.8. The van der Waals surface area contributed by atoms with E-state index in [-0.39, 0.29) is 15.5 Å². The number of thiazole rings is 1. The molecule has 10 heteroatoms. The molecule has 1 heterocycles. The van der Waals surface area contributed by atoms with Crippen LogP contribution in [0.3, 0.4) is 0 Å². The fourth-order valence-corrected chi connectivity index (χ4v) is 5.87. The van der Waals surface area contributed by atoms with Gasteiger partial charge in [0.25, 0.3) is 10.0 Å². The largest absolute Gasteiger partial charge is 0.495 e. The van der Waals surface area contributed by atoms with E-state index in [0.29, 0.717) is 11.4 Å². The minimum Gasteiger partial charge on any atom is -0.495 e. The van der Waals surface area contributed by atoms with Crippen molar-refractivity contribution in [2.24, 2.45) is 7.05 Å². The Kier molecular flexibility index (Phi) is 6.45. The Hall–Kier alpha value is -3.63. The lowest BCUT2D eigenvalue weighted by molar-refractivity contribution is -0.114. The lowest BCUT2D eigenvalue weighted by Crippen LogP contribution is -2.38. The average molecular weight is 498 g/mol. The predicted molar refractivity (Wildman–Crippen MR) is 134 cm³/mol. The fourth-order valence-electron chi connectivity index (χ4n) is 3.52. The van der Waals surface area contributed by atoms with Crippen molar-refractivity contribution in [1.29, 1.82) is 0 Å². The zero-order chi connectivity index (χ0) is 24.5. The zero-order valence-electron chi connectivity index (χ0n) is 18.8. The van der Waals surface area contributed by atoms with Gasteiger partial charge in [0.1, 0.15) is 12.3 Å². The molecule has 1 N–H and O–H groups in total. The molecule has 0 atom stereocenters. The third-order valence-corrected chi connectivity index (χ3v) is 8.10. The second-order valence-corrected chi connectivity index (χ2v) is 10.5. The lowest BCUT2D eigenvalue weighted by Gasteiger charge is -2.25. The van der Waals surface area contributed by atoms with Crippen molar-refractivity contribution in [2.45, 2.75) is 11.8 Å². The van der Waals surface area contributed by atoms with Gasteiger partial charge in [0.05, 0.1) is 27.9 Å². The summed E-state index contributed by atoms with van der Waals surface area (Å²) >= 11 is 1.07. The Labute approximate surface area is 201 Å². The van der Waals surface area contributed by atoms with Crippen LogP contribution < -0.4 is 19.2 Å². The van der Waals surface area contributed by atoms with E-state index in [1.54, 1.807) is 61.6 Å². The number of benzene rings is 3. The number of fused-ring (bicyclic) bond motifs is 1. The summed E-state index contributed by atoms with van der Waals surface area (Å²) in [4.78, 5) is 24.9. The third-order valence-electron chi connectivity index (χ3n) is 5.33. The first-order chi connectivity index (χ1) is 16.2. The summed E-state index contributed by atoms with van der Waals surface area (Å²) in [5, 5.41) is 2.74. The molecule has 0 fully saturated rings. The molecule has 176 valence electrons. The fraction of sp³-hybridized carbons (Fsp3) is 0.167. The first-order valence-electron chi connectivity index (χ1n) is 10.3. The minimum absolute atomic E-state index is 0.0623. The van der Waals surface area contributed by atoms with Gasteiger partial charge in [0.2, 0.25) is 5.91 Å². The van der Waals surface area contributed by atoms with Crippen molar-refractivity contribution in [3.8, 4) is 5.75 Å². The maximum atomic E-state index is 13.6. The van der Waals surface area contributed by atoms with E-state index in [4.69, 9.17) is 4.74 Å². The SMILES string of the molecule is COc1ccccc1N(CC(=O)Nc1ccc2c(c1)sc(=O)n2C)S(=O)(=O)c1ccc(C)cc1. The summed E-state index contributed by atoms with van der Waals surface area (Å²) in [6, 6.07) is 18.2. The number of methoxy groups -OCH3 is 1. The maximum absolute atomic E-state index is 13.6. The second-order valence-electron chi connectivity index (χ2n) is 7.65. The van der Waals surface area contributed by atoms with Crippen molar-refractivity contribution in [3.05, 3.63) is 82.0 Å². The smallest absolute Gasteiger partial charge is 0.307 e. The van der Waals surface area contributed by atoms with Crippen LogP contribution in [0.15, 0.2) is 76.4 Å². The van der Waals surface area contributed by atoms with Gasteiger partial charge >= 0.3 is 4.87 Å². The van der Waals surface area contributed by atoms with Gasteiger partial charge < -0.3 is 14.6 Å². The number of para-hydroxylation sites is 2. The molecule has 34 heavy (non-hydrogen) atoms. The number of carbonyl (C=O) groups excluding carboxylic acids is 1. The Morgan fingerprint density at radius 1 is 1.09 bits per heavy atom. The van der Waals surface area contributed by atoms with Crippen molar-refractivity contribution < 1.29 is 17.9 Å². The number of aryl methyl sites for hydroxylation is 2. The van der Waals surface area contributed by atoms with E-state index in [9.17, 15) is 18.0 Å². The van der Waals surface area contributed by atoms with Gasteiger partial charge in [0.15, 0.2) is 0 Å².